The molecule has 0 saturated heterocycles. The average molecular weight is 120 g/mol. The Bertz CT molecular complexity index is 196. The molecule has 0 saturated carbocycles. The van der Waals surface area contributed by atoms with Crippen molar-refractivity contribution in [1.29, 1.82) is 0 Å². The zero-order valence-electron chi connectivity index (χ0n) is 5.73. The Labute approximate surface area is 55.5 Å². The van der Waals surface area contributed by atoms with E-state index in [0.29, 0.717) is 5.69 Å². The van der Waals surface area contributed by atoms with Crippen LogP contribution in [0.15, 0.2) is 18.2 Å². The van der Waals surface area contributed by atoms with Crippen molar-refractivity contribution in [2.24, 2.45) is 0 Å². The maximum atomic E-state index is 7.44. The second-order valence-electron chi connectivity index (χ2n) is 2.27. The predicted octanol–water partition coefficient (Wildman–Crippen LogP) is 2.22. The smallest absolute Gasteiger partial charge is 0.0598 e. The van der Waals surface area contributed by atoms with Crippen LogP contribution in [0.2, 0.25) is 0 Å². The molecule has 0 aromatic heterocycles. The fourth-order valence-corrected chi connectivity index (χ4v) is 0.814. The van der Waals surface area contributed by atoms with E-state index < -0.39 is 0 Å². The van der Waals surface area contributed by atoms with Crippen molar-refractivity contribution in [3.8, 4) is 0 Å². The average Bonchev–Trinajstić information content (AvgIpc) is 1.83. The van der Waals surface area contributed by atoms with Crippen molar-refractivity contribution in [2.45, 2.75) is 13.8 Å². The SMILES string of the molecule is Cc1cccc(C)c1[NH]. The largest absolute Gasteiger partial charge is 0.300 e. The summed E-state index contributed by atoms with van der Waals surface area (Å²) in [5, 5.41) is 0. The molecule has 0 atom stereocenters. The van der Waals surface area contributed by atoms with Crippen LogP contribution in [0.3, 0.4) is 0 Å². The summed E-state index contributed by atoms with van der Waals surface area (Å²) in [4.78, 5) is 0. The highest BCUT2D eigenvalue weighted by atomic mass is 14.6. The molecule has 1 rings (SSSR count). The fourth-order valence-electron chi connectivity index (χ4n) is 0.814. The summed E-state index contributed by atoms with van der Waals surface area (Å²) >= 11 is 0. The molecule has 1 radical (unpaired) electrons. The quantitative estimate of drug-likeness (QED) is 0.501. The highest BCUT2D eigenvalue weighted by Gasteiger charge is 1.93. The molecule has 9 heavy (non-hydrogen) atoms. The van der Waals surface area contributed by atoms with Crippen molar-refractivity contribution >= 4 is 5.69 Å². The van der Waals surface area contributed by atoms with Crippen LogP contribution in [0.5, 0.6) is 0 Å². The Morgan fingerprint density at radius 2 is 1.56 bits per heavy atom. The lowest BCUT2D eigenvalue weighted by Gasteiger charge is -1.99. The summed E-state index contributed by atoms with van der Waals surface area (Å²) in [6, 6.07) is 5.88. The lowest BCUT2D eigenvalue weighted by atomic mass is 10.1. The van der Waals surface area contributed by atoms with Crippen LogP contribution in [0.25, 0.3) is 0 Å². The summed E-state index contributed by atoms with van der Waals surface area (Å²) < 4.78 is 0. The third-order valence-electron chi connectivity index (χ3n) is 1.48. The molecule has 0 aliphatic carbocycles. The molecule has 0 aliphatic rings. The van der Waals surface area contributed by atoms with E-state index in [1.54, 1.807) is 0 Å². The summed E-state index contributed by atoms with van der Waals surface area (Å²) in [7, 11) is 0. The second kappa shape index (κ2) is 2.09. The molecule has 0 bridgehead atoms. The topological polar surface area (TPSA) is 23.8 Å². The van der Waals surface area contributed by atoms with Crippen molar-refractivity contribution in [3.05, 3.63) is 29.3 Å². The molecule has 0 aliphatic heterocycles. The summed E-state index contributed by atoms with van der Waals surface area (Å²) in [6.07, 6.45) is 0. The van der Waals surface area contributed by atoms with Gasteiger partial charge in [-0.2, -0.15) is 0 Å². The highest BCUT2D eigenvalue weighted by molar-refractivity contribution is 5.48. The standard InChI is InChI=1S/C8H10N/c1-6-4-3-5-7(2)8(6)9/h3-5,9H,1-2H3. The molecule has 1 aromatic carbocycles. The van der Waals surface area contributed by atoms with E-state index in [1.807, 2.05) is 32.0 Å². The summed E-state index contributed by atoms with van der Waals surface area (Å²) in [5.74, 6) is 0. The second-order valence-corrected chi connectivity index (χ2v) is 2.27. The molecule has 47 valence electrons. The van der Waals surface area contributed by atoms with Crippen LogP contribution in [-0.4, -0.2) is 0 Å². The number of hydrogen-bond acceptors (Lipinski definition) is 0. The molecule has 0 unspecified atom stereocenters. The first kappa shape index (κ1) is 6.14. The zero-order valence-corrected chi connectivity index (χ0v) is 5.73. The van der Waals surface area contributed by atoms with Gasteiger partial charge in [-0.25, -0.2) is 0 Å². The Morgan fingerprint density at radius 3 is 1.89 bits per heavy atom. The number of aryl methyl sites for hydroxylation is 2. The van der Waals surface area contributed by atoms with E-state index in [-0.39, 0.29) is 0 Å². The highest BCUT2D eigenvalue weighted by Crippen LogP contribution is 2.15. The minimum absolute atomic E-state index is 0.664. The third kappa shape index (κ3) is 1.04. The van der Waals surface area contributed by atoms with E-state index in [9.17, 15) is 0 Å². The summed E-state index contributed by atoms with van der Waals surface area (Å²) in [6.45, 7) is 3.91. The Kier molecular flexibility index (Phi) is 1.43. The van der Waals surface area contributed by atoms with E-state index in [4.69, 9.17) is 5.73 Å². The van der Waals surface area contributed by atoms with Gasteiger partial charge in [-0.05, 0) is 25.0 Å². The maximum Gasteiger partial charge on any atom is 0.0598 e. The Morgan fingerprint density at radius 1 is 1.11 bits per heavy atom. The van der Waals surface area contributed by atoms with E-state index in [2.05, 4.69) is 0 Å². The van der Waals surface area contributed by atoms with Gasteiger partial charge < -0.3 is 5.73 Å². The van der Waals surface area contributed by atoms with E-state index in [0.717, 1.165) is 11.1 Å². The van der Waals surface area contributed by atoms with Crippen molar-refractivity contribution in [1.82, 2.24) is 5.73 Å². The van der Waals surface area contributed by atoms with Gasteiger partial charge in [0.25, 0.3) is 0 Å². The van der Waals surface area contributed by atoms with E-state index >= 15 is 0 Å². The molecule has 0 spiro atoms. The van der Waals surface area contributed by atoms with Gasteiger partial charge in [0.15, 0.2) is 0 Å². The Balaban J connectivity index is 3.25. The minimum Gasteiger partial charge on any atom is -0.300 e. The van der Waals surface area contributed by atoms with Crippen LogP contribution in [0.1, 0.15) is 11.1 Å². The number of benzene rings is 1. The summed E-state index contributed by atoms with van der Waals surface area (Å²) in [5.41, 5.74) is 10.2. The van der Waals surface area contributed by atoms with Crippen LogP contribution < -0.4 is 5.73 Å². The lowest BCUT2D eigenvalue weighted by molar-refractivity contribution is 1.31. The van der Waals surface area contributed by atoms with Crippen LogP contribution in [-0.2, 0) is 0 Å². The van der Waals surface area contributed by atoms with Gasteiger partial charge in [-0.3, -0.25) is 0 Å². The molecule has 1 heteroatoms. The third-order valence-corrected chi connectivity index (χ3v) is 1.48. The molecule has 0 fully saturated rings. The predicted molar refractivity (Wildman–Crippen MR) is 38.7 cm³/mol. The molecular weight excluding hydrogens is 110 g/mol. The van der Waals surface area contributed by atoms with E-state index in [1.165, 1.54) is 0 Å². The van der Waals surface area contributed by atoms with Gasteiger partial charge in [0.05, 0.1) is 5.69 Å². The first-order valence-corrected chi connectivity index (χ1v) is 2.99. The molecule has 1 N–H and O–H groups in total. The molecule has 1 aromatic rings. The molecular formula is C8H10N. The van der Waals surface area contributed by atoms with Crippen molar-refractivity contribution < 1.29 is 0 Å². The molecule has 1 nitrogen and oxygen atoms in total. The Hall–Kier alpha value is -0.980. The van der Waals surface area contributed by atoms with Gasteiger partial charge in [0.1, 0.15) is 0 Å². The van der Waals surface area contributed by atoms with Crippen LogP contribution >= 0.6 is 0 Å². The van der Waals surface area contributed by atoms with Crippen LogP contribution in [0.4, 0.5) is 5.69 Å². The molecule has 0 amide bonds. The van der Waals surface area contributed by atoms with Crippen LogP contribution in [0, 0.1) is 13.8 Å². The fraction of sp³-hybridized carbons (Fsp3) is 0.250. The van der Waals surface area contributed by atoms with Crippen molar-refractivity contribution in [2.75, 3.05) is 0 Å². The molecule has 0 heterocycles. The number of rotatable bonds is 0. The van der Waals surface area contributed by atoms with Gasteiger partial charge in [0, 0.05) is 0 Å². The zero-order chi connectivity index (χ0) is 6.85. The van der Waals surface area contributed by atoms with Gasteiger partial charge in [0.2, 0.25) is 0 Å². The first-order chi connectivity index (χ1) is 4.22. The maximum absolute atomic E-state index is 7.44. The number of hydrogen-bond donors (Lipinski definition) is 0. The first-order valence-electron chi connectivity index (χ1n) is 2.99. The number of nitrogens with one attached hydrogen (secondary N) is 1. The van der Waals surface area contributed by atoms with Gasteiger partial charge >= 0.3 is 0 Å². The van der Waals surface area contributed by atoms with Gasteiger partial charge in [-0.15, -0.1) is 0 Å². The lowest BCUT2D eigenvalue weighted by Crippen LogP contribution is -1.80. The normalized spacial score (nSPS) is 9.56. The van der Waals surface area contributed by atoms with Gasteiger partial charge in [-0.1, -0.05) is 18.2 Å². The monoisotopic (exact) mass is 120 g/mol. The van der Waals surface area contributed by atoms with Crippen molar-refractivity contribution in [3.63, 3.8) is 0 Å². The minimum atomic E-state index is 0.664.